The predicted octanol–water partition coefficient (Wildman–Crippen LogP) is 4.33. The SMILES string of the molecule is CCOc1cccnc1OC1=CN(/C=C(\C)CONC2CCCC2)C(C)C=C1. The van der Waals surface area contributed by atoms with E-state index in [4.69, 9.17) is 14.3 Å². The molecule has 152 valence electrons. The quantitative estimate of drug-likeness (QED) is 0.639. The molecule has 1 aliphatic heterocycles. The first-order valence-corrected chi connectivity index (χ1v) is 10.1. The first-order chi connectivity index (χ1) is 13.7. The van der Waals surface area contributed by atoms with Crippen LogP contribution in [0.1, 0.15) is 46.5 Å². The maximum absolute atomic E-state index is 5.97. The van der Waals surface area contributed by atoms with Gasteiger partial charge in [0.2, 0.25) is 0 Å². The first-order valence-electron chi connectivity index (χ1n) is 10.1. The summed E-state index contributed by atoms with van der Waals surface area (Å²) in [6.45, 7) is 7.27. The van der Waals surface area contributed by atoms with Crippen molar-refractivity contribution in [1.29, 1.82) is 0 Å². The third-order valence-corrected chi connectivity index (χ3v) is 4.81. The van der Waals surface area contributed by atoms with Crippen molar-refractivity contribution in [1.82, 2.24) is 15.4 Å². The van der Waals surface area contributed by atoms with Crippen LogP contribution >= 0.6 is 0 Å². The Morgan fingerprint density at radius 1 is 1.36 bits per heavy atom. The van der Waals surface area contributed by atoms with Gasteiger partial charge in [0.15, 0.2) is 5.75 Å². The standard InChI is InChI=1S/C22H31N3O3/c1-4-26-21-10-7-13-23-22(21)28-20-12-11-18(3)25(15-20)14-17(2)16-27-24-19-8-5-6-9-19/h7,10-15,18-19,24H,4-6,8-9,16H2,1-3H3/b17-14+. The fraction of sp³-hybridized carbons (Fsp3) is 0.500. The molecule has 1 unspecified atom stereocenters. The molecule has 2 aliphatic rings. The van der Waals surface area contributed by atoms with Crippen LogP contribution < -0.4 is 15.0 Å². The van der Waals surface area contributed by atoms with Crippen LogP contribution in [-0.4, -0.2) is 35.2 Å². The average Bonchev–Trinajstić information content (AvgIpc) is 3.20. The maximum atomic E-state index is 5.97. The highest BCUT2D eigenvalue weighted by Gasteiger charge is 2.16. The van der Waals surface area contributed by atoms with Gasteiger partial charge in [0.25, 0.3) is 5.88 Å². The number of nitrogens with one attached hydrogen (secondary N) is 1. The maximum Gasteiger partial charge on any atom is 0.262 e. The van der Waals surface area contributed by atoms with Crippen molar-refractivity contribution >= 4 is 0 Å². The molecule has 1 saturated carbocycles. The van der Waals surface area contributed by atoms with Gasteiger partial charge < -0.3 is 14.4 Å². The van der Waals surface area contributed by atoms with Crippen molar-refractivity contribution < 1.29 is 14.3 Å². The molecule has 0 spiro atoms. The number of allylic oxidation sites excluding steroid dienone is 1. The molecule has 0 amide bonds. The van der Waals surface area contributed by atoms with E-state index in [2.05, 4.69) is 41.5 Å². The molecule has 0 bridgehead atoms. The minimum atomic E-state index is 0.236. The zero-order valence-electron chi connectivity index (χ0n) is 17.1. The van der Waals surface area contributed by atoms with Gasteiger partial charge >= 0.3 is 0 Å². The van der Waals surface area contributed by atoms with Crippen LogP contribution in [0.25, 0.3) is 0 Å². The summed E-state index contributed by atoms with van der Waals surface area (Å²) in [7, 11) is 0. The topological polar surface area (TPSA) is 55.9 Å². The summed E-state index contributed by atoms with van der Waals surface area (Å²) in [5, 5.41) is 0. The number of pyridine rings is 1. The number of hydrogen-bond donors (Lipinski definition) is 1. The predicted molar refractivity (Wildman–Crippen MR) is 110 cm³/mol. The Morgan fingerprint density at radius 2 is 2.18 bits per heavy atom. The molecule has 1 aliphatic carbocycles. The second-order valence-electron chi connectivity index (χ2n) is 7.28. The number of ether oxygens (including phenoxy) is 2. The molecular formula is C22H31N3O3. The van der Waals surface area contributed by atoms with Gasteiger partial charge in [-0.05, 0) is 57.4 Å². The highest BCUT2D eigenvalue weighted by Crippen LogP contribution is 2.27. The molecule has 6 heteroatoms. The molecule has 0 saturated heterocycles. The molecule has 6 nitrogen and oxygen atoms in total. The van der Waals surface area contributed by atoms with Crippen molar-refractivity contribution in [3.05, 3.63) is 54.2 Å². The van der Waals surface area contributed by atoms with Crippen LogP contribution in [-0.2, 0) is 4.84 Å². The van der Waals surface area contributed by atoms with Gasteiger partial charge in [0.05, 0.1) is 13.2 Å². The molecule has 28 heavy (non-hydrogen) atoms. The summed E-state index contributed by atoms with van der Waals surface area (Å²) in [5.74, 6) is 1.83. The molecule has 3 rings (SSSR count). The lowest BCUT2D eigenvalue weighted by Crippen LogP contribution is -2.28. The van der Waals surface area contributed by atoms with Crippen molar-refractivity contribution in [2.75, 3.05) is 13.2 Å². The van der Waals surface area contributed by atoms with Crippen LogP contribution in [0.4, 0.5) is 0 Å². The highest BCUT2D eigenvalue weighted by molar-refractivity contribution is 5.35. The molecule has 1 atom stereocenters. The van der Waals surface area contributed by atoms with E-state index < -0.39 is 0 Å². The molecule has 1 aromatic rings. The second-order valence-corrected chi connectivity index (χ2v) is 7.28. The molecular weight excluding hydrogens is 354 g/mol. The molecule has 1 aromatic heterocycles. The molecule has 0 radical (unpaired) electrons. The fourth-order valence-corrected chi connectivity index (χ4v) is 3.29. The minimum Gasteiger partial charge on any atom is -0.488 e. The Hall–Kier alpha value is -2.31. The lowest BCUT2D eigenvalue weighted by atomic mass is 10.2. The Bertz CT molecular complexity index is 723. The zero-order chi connectivity index (χ0) is 19.8. The number of hydroxylamine groups is 1. The van der Waals surface area contributed by atoms with Crippen molar-refractivity contribution in [2.24, 2.45) is 0 Å². The van der Waals surface area contributed by atoms with Crippen molar-refractivity contribution in [3.63, 3.8) is 0 Å². The van der Waals surface area contributed by atoms with Crippen LogP contribution in [0.15, 0.2) is 54.2 Å². The Balaban J connectivity index is 1.59. The van der Waals surface area contributed by atoms with Gasteiger partial charge in [-0.3, -0.25) is 4.84 Å². The summed E-state index contributed by atoms with van der Waals surface area (Å²) >= 11 is 0. The largest absolute Gasteiger partial charge is 0.488 e. The van der Waals surface area contributed by atoms with Crippen LogP contribution in [0.3, 0.4) is 0 Å². The lowest BCUT2D eigenvalue weighted by molar-refractivity contribution is 0.0320. The van der Waals surface area contributed by atoms with Crippen molar-refractivity contribution in [2.45, 2.75) is 58.5 Å². The zero-order valence-corrected chi connectivity index (χ0v) is 17.1. The van der Waals surface area contributed by atoms with E-state index in [9.17, 15) is 0 Å². The smallest absolute Gasteiger partial charge is 0.262 e. The lowest BCUT2D eigenvalue weighted by Gasteiger charge is -2.27. The summed E-state index contributed by atoms with van der Waals surface area (Å²) < 4.78 is 11.6. The van der Waals surface area contributed by atoms with E-state index in [0.717, 1.165) is 5.57 Å². The van der Waals surface area contributed by atoms with Crippen LogP contribution in [0, 0.1) is 0 Å². The van der Waals surface area contributed by atoms with E-state index >= 15 is 0 Å². The number of nitrogens with zero attached hydrogens (tertiary/aromatic N) is 2. The third kappa shape index (κ3) is 5.84. The summed E-state index contributed by atoms with van der Waals surface area (Å²) in [5.41, 5.74) is 4.32. The van der Waals surface area contributed by atoms with Gasteiger partial charge in [-0.1, -0.05) is 18.9 Å². The van der Waals surface area contributed by atoms with Crippen LogP contribution in [0.5, 0.6) is 11.6 Å². The number of aromatic nitrogens is 1. The van der Waals surface area contributed by atoms with E-state index in [1.165, 1.54) is 25.7 Å². The minimum absolute atomic E-state index is 0.236. The van der Waals surface area contributed by atoms with Gasteiger partial charge in [-0.2, -0.15) is 5.48 Å². The normalized spacial score (nSPS) is 20.4. The first kappa shape index (κ1) is 20.4. The van der Waals surface area contributed by atoms with Gasteiger partial charge in [-0.25, -0.2) is 4.98 Å². The van der Waals surface area contributed by atoms with Crippen LogP contribution in [0.2, 0.25) is 0 Å². The van der Waals surface area contributed by atoms with E-state index in [1.54, 1.807) is 6.20 Å². The van der Waals surface area contributed by atoms with Gasteiger partial charge in [0, 0.05) is 30.7 Å². The fourth-order valence-electron chi connectivity index (χ4n) is 3.29. The second kappa shape index (κ2) is 10.3. The molecule has 1 fully saturated rings. The summed E-state index contributed by atoms with van der Waals surface area (Å²) in [6.07, 6.45) is 14.8. The summed E-state index contributed by atoms with van der Waals surface area (Å²) in [4.78, 5) is 12.1. The van der Waals surface area contributed by atoms with Gasteiger partial charge in [0.1, 0.15) is 5.76 Å². The highest BCUT2D eigenvalue weighted by atomic mass is 16.6. The summed E-state index contributed by atoms with van der Waals surface area (Å²) in [6, 6.07) is 4.43. The van der Waals surface area contributed by atoms with Gasteiger partial charge in [-0.15, -0.1) is 0 Å². The average molecular weight is 386 g/mol. The monoisotopic (exact) mass is 385 g/mol. The molecule has 1 N–H and O–H groups in total. The van der Waals surface area contributed by atoms with E-state index in [-0.39, 0.29) is 6.04 Å². The molecule has 2 heterocycles. The van der Waals surface area contributed by atoms with Crippen molar-refractivity contribution in [3.8, 4) is 11.6 Å². The third-order valence-electron chi connectivity index (χ3n) is 4.81. The van der Waals surface area contributed by atoms with E-state index in [0.29, 0.717) is 36.6 Å². The Kier molecular flexibility index (Phi) is 7.51. The Labute approximate surface area is 167 Å². The molecule has 0 aromatic carbocycles. The van der Waals surface area contributed by atoms with E-state index in [1.807, 2.05) is 31.3 Å². The number of rotatable bonds is 9. The Morgan fingerprint density at radius 3 is 2.96 bits per heavy atom. The number of hydrogen-bond acceptors (Lipinski definition) is 6.